The van der Waals surface area contributed by atoms with Crippen molar-refractivity contribution in [2.75, 3.05) is 0 Å². The van der Waals surface area contributed by atoms with Crippen molar-refractivity contribution < 1.29 is 9.18 Å². The number of halogens is 1. The summed E-state index contributed by atoms with van der Waals surface area (Å²) in [7, 11) is 0. The summed E-state index contributed by atoms with van der Waals surface area (Å²) in [6.07, 6.45) is 5.53. The third-order valence-corrected chi connectivity index (χ3v) is 2.72. The smallest absolute Gasteiger partial charge is 0.162 e. The molecule has 0 aliphatic carbocycles. The summed E-state index contributed by atoms with van der Waals surface area (Å²) >= 11 is 0. The molecule has 0 unspecified atom stereocenters. The maximum Gasteiger partial charge on any atom is 0.162 e. The van der Waals surface area contributed by atoms with Crippen LogP contribution in [0.5, 0.6) is 0 Å². The molecule has 5 heteroatoms. The largest absolute Gasteiger partial charge is 0.298 e. The number of aromatic nitrogens is 3. The predicted molar refractivity (Wildman–Crippen MR) is 63.8 cm³/mol. The van der Waals surface area contributed by atoms with E-state index in [-0.39, 0.29) is 5.56 Å². The first kappa shape index (κ1) is 10.6. The maximum atomic E-state index is 13.6. The van der Waals surface area contributed by atoms with Gasteiger partial charge in [0.05, 0.1) is 11.8 Å². The lowest BCUT2D eigenvalue weighted by Gasteiger charge is -2.00. The molecule has 0 spiro atoms. The molecule has 0 saturated carbocycles. The third-order valence-electron chi connectivity index (χ3n) is 2.72. The van der Waals surface area contributed by atoms with E-state index in [0.29, 0.717) is 17.5 Å². The van der Waals surface area contributed by atoms with E-state index < -0.39 is 5.82 Å². The first-order chi connectivity index (χ1) is 8.79. The molecule has 0 atom stereocenters. The van der Waals surface area contributed by atoms with Crippen LogP contribution in [0.15, 0.2) is 42.9 Å². The van der Waals surface area contributed by atoms with Crippen LogP contribution in [0.1, 0.15) is 10.4 Å². The van der Waals surface area contributed by atoms with Gasteiger partial charge in [0.15, 0.2) is 11.9 Å². The van der Waals surface area contributed by atoms with E-state index in [0.717, 1.165) is 5.56 Å². The highest BCUT2D eigenvalue weighted by molar-refractivity contribution is 5.81. The Morgan fingerprint density at radius 3 is 3.00 bits per heavy atom. The van der Waals surface area contributed by atoms with E-state index in [4.69, 9.17) is 0 Å². The van der Waals surface area contributed by atoms with Crippen molar-refractivity contribution in [2.45, 2.75) is 0 Å². The zero-order chi connectivity index (χ0) is 12.5. The van der Waals surface area contributed by atoms with Crippen molar-refractivity contribution in [1.82, 2.24) is 14.6 Å². The molecule has 0 saturated heterocycles. The number of fused-ring (bicyclic) bond motifs is 1. The SMILES string of the molecule is O=Cc1ccc(-c2cnn3cccnc23)cc1F. The molecule has 0 fully saturated rings. The minimum absolute atomic E-state index is 0.0446. The molecule has 3 rings (SSSR count). The molecule has 0 amide bonds. The van der Waals surface area contributed by atoms with Gasteiger partial charge >= 0.3 is 0 Å². The highest BCUT2D eigenvalue weighted by Crippen LogP contribution is 2.24. The number of nitrogens with zero attached hydrogens (tertiary/aromatic N) is 3. The summed E-state index contributed by atoms with van der Waals surface area (Å²) in [5.41, 5.74) is 2.07. The molecular weight excluding hydrogens is 233 g/mol. The molecule has 0 aliphatic heterocycles. The van der Waals surface area contributed by atoms with Gasteiger partial charge in [-0.05, 0) is 23.8 Å². The van der Waals surface area contributed by atoms with Crippen LogP contribution in [0.3, 0.4) is 0 Å². The summed E-state index contributed by atoms with van der Waals surface area (Å²) in [5.74, 6) is -0.544. The number of carbonyl (C=O) groups is 1. The van der Waals surface area contributed by atoms with Crippen molar-refractivity contribution >= 4 is 11.9 Å². The Balaban J connectivity index is 2.20. The second-order valence-electron chi connectivity index (χ2n) is 3.80. The molecular formula is C13H8FN3O. The Hall–Kier alpha value is -2.56. The first-order valence-corrected chi connectivity index (χ1v) is 5.33. The standard InChI is InChI=1S/C13H8FN3O/c14-12-6-9(2-3-10(12)8-18)11-7-16-17-5-1-4-15-13(11)17/h1-8H. The quantitative estimate of drug-likeness (QED) is 0.647. The Morgan fingerprint density at radius 2 is 2.22 bits per heavy atom. The maximum absolute atomic E-state index is 13.6. The van der Waals surface area contributed by atoms with Crippen LogP contribution < -0.4 is 0 Å². The monoisotopic (exact) mass is 241 g/mol. The van der Waals surface area contributed by atoms with Crippen LogP contribution in [0.25, 0.3) is 16.8 Å². The number of aldehydes is 1. The topological polar surface area (TPSA) is 47.3 Å². The molecule has 0 N–H and O–H groups in total. The van der Waals surface area contributed by atoms with Crippen LogP contribution >= 0.6 is 0 Å². The van der Waals surface area contributed by atoms with Crippen LogP contribution in [-0.2, 0) is 0 Å². The highest BCUT2D eigenvalue weighted by Gasteiger charge is 2.09. The highest BCUT2D eigenvalue weighted by atomic mass is 19.1. The molecule has 4 nitrogen and oxygen atoms in total. The summed E-state index contributed by atoms with van der Waals surface area (Å²) in [6, 6.07) is 6.21. The van der Waals surface area contributed by atoms with Gasteiger partial charge in [-0.3, -0.25) is 4.79 Å². The Labute approximate surface area is 102 Å². The van der Waals surface area contributed by atoms with Crippen molar-refractivity contribution in [1.29, 1.82) is 0 Å². The van der Waals surface area contributed by atoms with Gasteiger partial charge in [0.25, 0.3) is 0 Å². The van der Waals surface area contributed by atoms with Gasteiger partial charge < -0.3 is 0 Å². The third kappa shape index (κ3) is 1.57. The van der Waals surface area contributed by atoms with Crippen molar-refractivity contribution in [3.05, 3.63) is 54.2 Å². The van der Waals surface area contributed by atoms with E-state index in [9.17, 15) is 9.18 Å². The Morgan fingerprint density at radius 1 is 1.33 bits per heavy atom. The molecule has 18 heavy (non-hydrogen) atoms. The second kappa shape index (κ2) is 4.03. The van der Waals surface area contributed by atoms with Gasteiger partial charge in [0, 0.05) is 18.0 Å². The zero-order valence-corrected chi connectivity index (χ0v) is 9.25. The summed E-state index contributed by atoms with van der Waals surface area (Å²) in [4.78, 5) is 14.8. The number of hydrogen-bond donors (Lipinski definition) is 0. The van der Waals surface area contributed by atoms with E-state index in [1.54, 1.807) is 35.2 Å². The molecule has 1 aromatic carbocycles. The molecule has 3 aromatic rings. The van der Waals surface area contributed by atoms with Crippen LogP contribution in [-0.4, -0.2) is 20.9 Å². The van der Waals surface area contributed by atoms with Gasteiger partial charge in [-0.1, -0.05) is 6.07 Å². The Bertz CT molecular complexity index is 736. The van der Waals surface area contributed by atoms with E-state index in [1.807, 2.05) is 0 Å². The van der Waals surface area contributed by atoms with E-state index in [2.05, 4.69) is 10.1 Å². The van der Waals surface area contributed by atoms with E-state index >= 15 is 0 Å². The number of carbonyl (C=O) groups excluding carboxylic acids is 1. The average Bonchev–Trinajstić information content (AvgIpc) is 2.82. The lowest BCUT2D eigenvalue weighted by atomic mass is 10.1. The summed E-state index contributed by atoms with van der Waals surface area (Å²) < 4.78 is 15.2. The average molecular weight is 241 g/mol. The first-order valence-electron chi connectivity index (χ1n) is 5.33. The minimum Gasteiger partial charge on any atom is -0.298 e. The summed E-state index contributed by atoms with van der Waals surface area (Å²) in [5, 5.41) is 4.13. The van der Waals surface area contributed by atoms with Gasteiger partial charge in [0.2, 0.25) is 0 Å². The van der Waals surface area contributed by atoms with Crippen molar-refractivity contribution in [3.63, 3.8) is 0 Å². The van der Waals surface area contributed by atoms with Gasteiger partial charge in [-0.2, -0.15) is 5.10 Å². The van der Waals surface area contributed by atoms with Crippen LogP contribution in [0.2, 0.25) is 0 Å². The summed E-state index contributed by atoms with van der Waals surface area (Å²) in [6.45, 7) is 0. The van der Waals surface area contributed by atoms with E-state index in [1.165, 1.54) is 12.1 Å². The normalized spacial score (nSPS) is 10.7. The van der Waals surface area contributed by atoms with Gasteiger partial charge in [-0.25, -0.2) is 13.9 Å². The van der Waals surface area contributed by atoms with Crippen LogP contribution in [0.4, 0.5) is 4.39 Å². The minimum atomic E-state index is -0.544. The Kier molecular flexibility index (Phi) is 2.37. The van der Waals surface area contributed by atoms with Crippen LogP contribution in [0, 0.1) is 5.82 Å². The second-order valence-corrected chi connectivity index (χ2v) is 3.80. The fourth-order valence-electron chi connectivity index (χ4n) is 1.82. The fourth-order valence-corrected chi connectivity index (χ4v) is 1.82. The van der Waals surface area contributed by atoms with Crippen molar-refractivity contribution in [2.24, 2.45) is 0 Å². The molecule has 88 valence electrons. The number of hydrogen-bond acceptors (Lipinski definition) is 3. The lowest BCUT2D eigenvalue weighted by Crippen LogP contribution is -1.90. The molecule has 0 bridgehead atoms. The van der Waals surface area contributed by atoms with Gasteiger partial charge in [-0.15, -0.1) is 0 Å². The molecule has 2 heterocycles. The van der Waals surface area contributed by atoms with Crippen molar-refractivity contribution in [3.8, 4) is 11.1 Å². The zero-order valence-electron chi connectivity index (χ0n) is 9.25. The molecule has 0 radical (unpaired) electrons. The molecule has 0 aliphatic rings. The molecule has 2 aromatic heterocycles. The lowest BCUT2D eigenvalue weighted by molar-refractivity contribution is 0.112. The fraction of sp³-hybridized carbons (Fsp3) is 0. The number of rotatable bonds is 2. The van der Waals surface area contributed by atoms with Gasteiger partial charge in [0.1, 0.15) is 5.82 Å². The predicted octanol–water partition coefficient (Wildman–Crippen LogP) is 2.35. The number of benzene rings is 1.